The molecule has 2 aromatic heterocycles. The van der Waals surface area contributed by atoms with Gasteiger partial charge in [-0.25, -0.2) is 4.98 Å². The molecule has 0 radical (unpaired) electrons. The van der Waals surface area contributed by atoms with Crippen molar-refractivity contribution in [2.45, 2.75) is 39.2 Å². The molecule has 0 unspecified atom stereocenters. The van der Waals surface area contributed by atoms with E-state index in [1.807, 2.05) is 12.3 Å². The van der Waals surface area contributed by atoms with Gasteiger partial charge in [0.2, 0.25) is 0 Å². The van der Waals surface area contributed by atoms with Crippen LogP contribution >= 0.6 is 27.5 Å². The lowest BCUT2D eigenvalue weighted by atomic mass is 9.89. The fourth-order valence-electron chi connectivity index (χ4n) is 2.99. The van der Waals surface area contributed by atoms with Gasteiger partial charge < -0.3 is 0 Å². The Labute approximate surface area is 132 Å². The van der Waals surface area contributed by atoms with Crippen molar-refractivity contribution in [3.63, 3.8) is 0 Å². The summed E-state index contributed by atoms with van der Waals surface area (Å²) in [5.74, 6) is 0. The Morgan fingerprint density at radius 3 is 2.80 bits per heavy atom. The van der Waals surface area contributed by atoms with E-state index in [1.54, 1.807) is 6.07 Å². The SMILES string of the molecule is CC1(Cn2cc(-c3ccc(Cl)nc3Br)cn2)CCCC1. The molecule has 0 N–H and O–H groups in total. The van der Waals surface area contributed by atoms with E-state index in [0.29, 0.717) is 10.6 Å². The van der Waals surface area contributed by atoms with Crippen LogP contribution in [-0.2, 0) is 6.54 Å². The molecule has 0 aromatic carbocycles. The molecule has 106 valence electrons. The summed E-state index contributed by atoms with van der Waals surface area (Å²) in [6, 6.07) is 3.77. The van der Waals surface area contributed by atoms with Gasteiger partial charge in [-0.2, -0.15) is 5.10 Å². The fraction of sp³-hybridized carbons (Fsp3) is 0.467. The minimum Gasteiger partial charge on any atom is -0.272 e. The molecular weight excluding hydrogens is 338 g/mol. The van der Waals surface area contributed by atoms with Gasteiger partial charge in [0.15, 0.2) is 0 Å². The lowest BCUT2D eigenvalue weighted by Crippen LogP contribution is -2.19. The largest absolute Gasteiger partial charge is 0.272 e. The topological polar surface area (TPSA) is 30.7 Å². The molecule has 1 aliphatic rings. The Kier molecular flexibility index (Phi) is 3.87. The number of pyridine rings is 1. The number of halogens is 2. The first-order valence-corrected chi connectivity index (χ1v) is 8.08. The molecule has 1 aliphatic carbocycles. The molecule has 2 heterocycles. The van der Waals surface area contributed by atoms with Gasteiger partial charge in [-0.15, -0.1) is 0 Å². The Hall–Kier alpha value is -0.870. The number of rotatable bonds is 3. The molecule has 0 atom stereocenters. The molecule has 0 spiro atoms. The van der Waals surface area contributed by atoms with Gasteiger partial charge in [-0.3, -0.25) is 4.68 Å². The Balaban J connectivity index is 1.83. The van der Waals surface area contributed by atoms with E-state index < -0.39 is 0 Å². The normalized spacial score (nSPS) is 17.6. The van der Waals surface area contributed by atoms with Crippen molar-refractivity contribution in [2.75, 3.05) is 0 Å². The summed E-state index contributed by atoms with van der Waals surface area (Å²) >= 11 is 9.34. The van der Waals surface area contributed by atoms with E-state index in [2.05, 4.69) is 43.8 Å². The molecule has 1 saturated carbocycles. The smallest absolute Gasteiger partial charge is 0.130 e. The first-order valence-electron chi connectivity index (χ1n) is 6.91. The van der Waals surface area contributed by atoms with Crippen LogP contribution in [0.3, 0.4) is 0 Å². The summed E-state index contributed by atoms with van der Waals surface area (Å²) in [7, 11) is 0. The summed E-state index contributed by atoms with van der Waals surface area (Å²) < 4.78 is 2.82. The third-order valence-electron chi connectivity index (χ3n) is 4.11. The van der Waals surface area contributed by atoms with Crippen molar-refractivity contribution in [3.8, 4) is 11.1 Å². The van der Waals surface area contributed by atoms with Crippen molar-refractivity contribution in [2.24, 2.45) is 5.41 Å². The highest BCUT2D eigenvalue weighted by Gasteiger charge is 2.29. The average molecular weight is 355 g/mol. The highest BCUT2D eigenvalue weighted by Crippen LogP contribution is 2.39. The predicted octanol–water partition coefficient (Wildman–Crippen LogP) is 4.94. The summed E-state index contributed by atoms with van der Waals surface area (Å²) in [5, 5.41) is 4.99. The molecule has 20 heavy (non-hydrogen) atoms. The number of hydrogen-bond acceptors (Lipinski definition) is 2. The van der Waals surface area contributed by atoms with Crippen LogP contribution < -0.4 is 0 Å². The molecule has 3 rings (SSSR count). The van der Waals surface area contributed by atoms with E-state index in [1.165, 1.54) is 25.7 Å². The number of hydrogen-bond donors (Lipinski definition) is 0. The highest BCUT2D eigenvalue weighted by atomic mass is 79.9. The molecular formula is C15H17BrClN3. The maximum atomic E-state index is 5.88. The van der Waals surface area contributed by atoms with Gasteiger partial charge in [0.25, 0.3) is 0 Å². The monoisotopic (exact) mass is 353 g/mol. The van der Waals surface area contributed by atoms with Crippen molar-refractivity contribution < 1.29 is 0 Å². The summed E-state index contributed by atoms with van der Waals surface area (Å²) in [4.78, 5) is 4.22. The number of aromatic nitrogens is 3. The number of nitrogens with zero attached hydrogens (tertiary/aromatic N) is 3. The molecule has 2 aromatic rings. The van der Waals surface area contributed by atoms with Gasteiger partial charge >= 0.3 is 0 Å². The fourth-order valence-corrected chi connectivity index (χ4v) is 3.80. The third kappa shape index (κ3) is 2.91. The van der Waals surface area contributed by atoms with Crippen LogP contribution in [0.2, 0.25) is 5.15 Å². The van der Waals surface area contributed by atoms with Gasteiger partial charge in [-0.1, -0.05) is 31.4 Å². The first-order chi connectivity index (χ1) is 9.56. The molecule has 0 saturated heterocycles. The zero-order valence-electron chi connectivity index (χ0n) is 11.4. The van der Waals surface area contributed by atoms with Crippen molar-refractivity contribution in [3.05, 3.63) is 34.3 Å². The summed E-state index contributed by atoms with van der Waals surface area (Å²) in [6.07, 6.45) is 9.28. The van der Waals surface area contributed by atoms with E-state index in [0.717, 1.165) is 22.3 Å². The van der Waals surface area contributed by atoms with Crippen molar-refractivity contribution >= 4 is 27.5 Å². The van der Waals surface area contributed by atoms with Gasteiger partial charge in [-0.05, 0) is 46.3 Å². The van der Waals surface area contributed by atoms with Crippen LogP contribution in [-0.4, -0.2) is 14.8 Å². The van der Waals surface area contributed by atoms with Gasteiger partial charge in [0.05, 0.1) is 6.20 Å². The quantitative estimate of drug-likeness (QED) is 0.731. The zero-order chi connectivity index (χ0) is 14.2. The second-order valence-corrected chi connectivity index (χ2v) is 7.06. The van der Waals surface area contributed by atoms with Gasteiger partial charge in [0, 0.05) is 23.9 Å². The Bertz CT molecular complexity index is 617. The molecule has 0 amide bonds. The van der Waals surface area contributed by atoms with Crippen LogP contribution in [0.4, 0.5) is 0 Å². The lowest BCUT2D eigenvalue weighted by Gasteiger charge is -2.22. The van der Waals surface area contributed by atoms with Crippen LogP contribution in [0.5, 0.6) is 0 Å². The van der Waals surface area contributed by atoms with Crippen molar-refractivity contribution in [1.82, 2.24) is 14.8 Å². The second kappa shape index (κ2) is 5.49. The Morgan fingerprint density at radius 1 is 1.35 bits per heavy atom. The molecule has 3 nitrogen and oxygen atoms in total. The van der Waals surface area contributed by atoms with Crippen LogP contribution in [0.15, 0.2) is 29.1 Å². The maximum Gasteiger partial charge on any atom is 0.130 e. The molecule has 1 fully saturated rings. The Morgan fingerprint density at radius 2 is 2.10 bits per heavy atom. The average Bonchev–Trinajstić information content (AvgIpc) is 2.99. The minimum atomic E-state index is 0.402. The van der Waals surface area contributed by atoms with E-state index in [4.69, 9.17) is 11.6 Å². The maximum absolute atomic E-state index is 5.88. The summed E-state index contributed by atoms with van der Waals surface area (Å²) in [6.45, 7) is 3.35. The van der Waals surface area contributed by atoms with Gasteiger partial charge in [0.1, 0.15) is 9.76 Å². The third-order valence-corrected chi connectivity index (χ3v) is 4.93. The van der Waals surface area contributed by atoms with Crippen LogP contribution in [0, 0.1) is 5.41 Å². The van der Waals surface area contributed by atoms with E-state index in [-0.39, 0.29) is 0 Å². The summed E-state index contributed by atoms with van der Waals surface area (Å²) in [5.41, 5.74) is 2.50. The molecule has 0 bridgehead atoms. The van der Waals surface area contributed by atoms with Crippen LogP contribution in [0.25, 0.3) is 11.1 Å². The van der Waals surface area contributed by atoms with Crippen LogP contribution in [0.1, 0.15) is 32.6 Å². The predicted molar refractivity (Wildman–Crippen MR) is 84.7 cm³/mol. The highest BCUT2D eigenvalue weighted by molar-refractivity contribution is 9.10. The molecule has 0 aliphatic heterocycles. The van der Waals surface area contributed by atoms with E-state index in [9.17, 15) is 0 Å². The molecule has 5 heteroatoms. The first kappa shape index (κ1) is 14.1. The van der Waals surface area contributed by atoms with E-state index >= 15 is 0 Å². The lowest BCUT2D eigenvalue weighted by molar-refractivity contribution is 0.268. The minimum absolute atomic E-state index is 0.402. The zero-order valence-corrected chi connectivity index (χ0v) is 13.8. The van der Waals surface area contributed by atoms with Crippen molar-refractivity contribution in [1.29, 1.82) is 0 Å². The standard InChI is InChI=1S/C15H17BrClN3/c1-15(6-2-3-7-15)10-20-9-11(8-18-20)12-4-5-13(17)19-14(12)16/h4-5,8-9H,2-3,6-7,10H2,1H3. The second-order valence-electron chi connectivity index (χ2n) is 5.92.